The molecule has 1 saturated carbocycles. The highest BCUT2D eigenvalue weighted by molar-refractivity contribution is 5.95. The Balaban J connectivity index is 1.42. The van der Waals surface area contributed by atoms with Gasteiger partial charge in [0.05, 0.1) is 7.11 Å². The average molecular weight is 434 g/mol. The Bertz CT molecular complexity index is 985. The first-order chi connectivity index (χ1) is 15.6. The number of methoxy groups -OCH3 is 1. The van der Waals surface area contributed by atoms with Gasteiger partial charge in [0.15, 0.2) is 0 Å². The minimum atomic E-state index is 0.0902. The van der Waals surface area contributed by atoms with E-state index in [0.29, 0.717) is 6.04 Å². The first kappa shape index (κ1) is 21.3. The van der Waals surface area contributed by atoms with Gasteiger partial charge in [-0.25, -0.2) is 0 Å². The van der Waals surface area contributed by atoms with E-state index in [0.717, 1.165) is 56.8 Å². The summed E-state index contributed by atoms with van der Waals surface area (Å²) in [5.74, 6) is 0.986. The second kappa shape index (κ2) is 8.78. The third-order valence-electron chi connectivity index (χ3n) is 7.66. The zero-order valence-corrected chi connectivity index (χ0v) is 19.4. The number of benzene rings is 2. The Kier molecular flexibility index (Phi) is 5.85. The number of carbonyl (C=O) groups excluding carboxylic acids is 1. The van der Waals surface area contributed by atoms with Crippen LogP contribution in [0.25, 0.3) is 0 Å². The Morgan fingerprint density at radius 1 is 1.12 bits per heavy atom. The quantitative estimate of drug-likeness (QED) is 0.761. The third kappa shape index (κ3) is 4.11. The Labute approximate surface area is 191 Å². The summed E-state index contributed by atoms with van der Waals surface area (Å²) >= 11 is 0. The van der Waals surface area contributed by atoms with Crippen LogP contribution in [0, 0.1) is 0 Å². The van der Waals surface area contributed by atoms with Crippen molar-refractivity contribution in [3.63, 3.8) is 0 Å². The molecule has 2 heterocycles. The largest absolute Gasteiger partial charge is 0.497 e. The fraction of sp³-hybridized carbons (Fsp3) is 0.519. The van der Waals surface area contributed by atoms with Gasteiger partial charge in [-0.3, -0.25) is 4.79 Å². The van der Waals surface area contributed by atoms with Gasteiger partial charge in [0.1, 0.15) is 5.75 Å². The SMILES string of the molecule is COc1cccc(CN2CC3(CCN(C)C3)c3cc(C(=O)NC4CCCCC4)ccc32)c1. The number of carbonyl (C=O) groups is 1. The molecule has 0 bridgehead atoms. The number of likely N-dealkylation sites (N-methyl/N-ethyl adjacent to an activating group) is 1. The van der Waals surface area contributed by atoms with E-state index < -0.39 is 0 Å². The van der Waals surface area contributed by atoms with Gasteiger partial charge >= 0.3 is 0 Å². The highest BCUT2D eigenvalue weighted by atomic mass is 16.5. The van der Waals surface area contributed by atoms with Crippen LogP contribution in [0.3, 0.4) is 0 Å². The van der Waals surface area contributed by atoms with E-state index in [9.17, 15) is 4.79 Å². The minimum Gasteiger partial charge on any atom is -0.497 e. The molecule has 1 saturated heterocycles. The van der Waals surface area contributed by atoms with Gasteiger partial charge in [0, 0.05) is 42.3 Å². The van der Waals surface area contributed by atoms with Crippen LogP contribution < -0.4 is 15.0 Å². The number of amides is 1. The third-order valence-corrected chi connectivity index (χ3v) is 7.66. The summed E-state index contributed by atoms with van der Waals surface area (Å²) in [5, 5.41) is 3.30. The van der Waals surface area contributed by atoms with Gasteiger partial charge in [-0.1, -0.05) is 31.4 Å². The lowest BCUT2D eigenvalue weighted by molar-refractivity contribution is 0.0927. The number of likely N-dealkylation sites (tertiary alicyclic amines) is 1. The highest BCUT2D eigenvalue weighted by Crippen LogP contribution is 2.47. The number of hydrogen-bond acceptors (Lipinski definition) is 4. The molecule has 2 aromatic rings. The number of ether oxygens (including phenoxy) is 1. The molecule has 2 aliphatic heterocycles. The zero-order valence-electron chi connectivity index (χ0n) is 19.4. The Hall–Kier alpha value is -2.53. The van der Waals surface area contributed by atoms with E-state index in [2.05, 4.69) is 52.5 Å². The minimum absolute atomic E-state index is 0.0902. The second-order valence-corrected chi connectivity index (χ2v) is 10.0. The standard InChI is InChI=1S/C27H35N3O2/c1-29-14-13-27(18-29)19-30(17-20-7-6-10-23(15-20)32-2)25-12-11-21(16-24(25)27)26(31)28-22-8-4-3-5-9-22/h6-7,10-12,15-16,22H,3-5,8-9,13-14,17-19H2,1-2H3,(H,28,31). The maximum Gasteiger partial charge on any atom is 0.251 e. The molecule has 1 N–H and O–H groups in total. The smallest absolute Gasteiger partial charge is 0.251 e. The fourth-order valence-corrected chi connectivity index (χ4v) is 5.99. The summed E-state index contributed by atoms with van der Waals surface area (Å²) in [6.07, 6.45) is 7.11. The van der Waals surface area contributed by atoms with Crippen molar-refractivity contribution >= 4 is 11.6 Å². The van der Waals surface area contributed by atoms with Crippen LogP contribution in [-0.2, 0) is 12.0 Å². The summed E-state index contributed by atoms with van der Waals surface area (Å²) in [6.45, 7) is 3.99. The molecule has 0 aromatic heterocycles. The molecule has 1 unspecified atom stereocenters. The van der Waals surface area contributed by atoms with Crippen LogP contribution in [0.2, 0.25) is 0 Å². The van der Waals surface area contributed by atoms with E-state index in [4.69, 9.17) is 4.74 Å². The van der Waals surface area contributed by atoms with Gasteiger partial charge in [-0.05, 0) is 74.3 Å². The van der Waals surface area contributed by atoms with Gasteiger partial charge < -0.3 is 19.9 Å². The van der Waals surface area contributed by atoms with Crippen LogP contribution in [-0.4, -0.2) is 50.6 Å². The first-order valence-corrected chi connectivity index (χ1v) is 12.1. The molecule has 5 rings (SSSR count). The highest BCUT2D eigenvalue weighted by Gasteiger charge is 2.46. The van der Waals surface area contributed by atoms with Crippen LogP contribution >= 0.6 is 0 Å². The Morgan fingerprint density at radius 2 is 1.97 bits per heavy atom. The lowest BCUT2D eigenvalue weighted by Crippen LogP contribution is -2.37. The number of hydrogen-bond donors (Lipinski definition) is 1. The summed E-state index contributed by atoms with van der Waals surface area (Å²) < 4.78 is 5.43. The van der Waals surface area contributed by atoms with E-state index >= 15 is 0 Å². The van der Waals surface area contributed by atoms with Crippen molar-refractivity contribution in [2.24, 2.45) is 0 Å². The van der Waals surface area contributed by atoms with Crippen LogP contribution in [0.5, 0.6) is 5.75 Å². The Morgan fingerprint density at radius 3 is 2.72 bits per heavy atom. The molecule has 3 aliphatic rings. The number of nitrogens with zero attached hydrogens (tertiary/aromatic N) is 2. The molecule has 2 aromatic carbocycles. The van der Waals surface area contributed by atoms with E-state index in [1.54, 1.807) is 7.11 Å². The van der Waals surface area contributed by atoms with Crippen molar-refractivity contribution in [1.29, 1.82) is 0 Å². The van der Waals surface area contributed by atoms with Crippen LogP contribution in [0.4, 0.5) is 5.69 Å². The second-order valence-electron chi connectivity index (χ2n) is 10.0. The summed E-state index contributed by atoms with van der Waals surface area (Å²) in [5.41, 5.74) is 4.78. The maximum absolute atomic E-state index is 13.1. The maximum atomic E-state index is 13.1. The fourth-order valence-electron chi connectivity index (χ4n) is 5.99. The molecule has 1 spiro atoms. The summed E-state index contributed by atoms with van der Waals surface area (Å²) in [4.78, 5) is 18.0. The molecule has 1 atom stereocenters. The predicted octanol–water partition coefficient (Wildman–Crippen LogP) is 4.35. The van der Waals surface area contributed by atoms with Crippen molar-refractivity contribution in [3.05, 3.63) is 59.2 Å². The first-order valence-electron chi connectivity index (χ1n) is 12.1. The van der Waals surface area contributed by atoms with Gasteiger partial charge in [-0.2, -0.15) is 0 Å². The number of rotatable bonds is 5. The molecule has 32 heavy (non-hydrogen) atoms. The lowest BCUT2D eigenvalue weighted by Gasteiger charge is -2.26. The molecular weight excluding hydrogens is 398 g/mol. The van der Waals surface area contributed by atoms with Crippen molar-refractivity contribution < 1.29 is 9.53 Å². The van der Waals surface area contributed by atoms with Crippen LogP contribution in [0.1, 0.15) is 60.0 Å². The van der Waals surface area contributed by atoms with Gasteiger partial charge in [0.2, 0.25) is 0 Å². The number of nitrogens with one attached hydrogen (secondary N) is 1. The summed E-state index contributed by atoms with van der Waals surface area (Å²) in [6, 6.07) is 15.1. The average Bonchev–Trinajstić information content (AvgIpc) is 3.33. The van der Waals surface area contributed by atoms with Crippen molar-refractivity contribution in [2.75, 3.05) is 38.7 Å². The van der Waals surface area contributed by atoms with Gasteiger partial charge in [-0.15, -0.1) is 0 Å². The topological polar surface area (TPSA) is 44.8 Å². The van der Waals surface area contributed by atoms with Gasteiger partial charge in [0.25, 0.3) is 5.91 Å². The van der Waals surface area contributed by atoms with E-state index in [1.165, 1.54) is 36.1 Å². The molecule has 5 heteroatoms. The molecule has 1 aliphatic carbocycles. The monoisotopic (exact) mass is 433 g/mol. The summed E-state index contributed by atoms with van der Waals surface area (Å²) in [7, 11) is 3.92. The molecule has 1 amide bonds. The zero-order chi connectivity index (χ0) is 22.1. The molecular formula is C27H35N3O2. The number of fused-ring (bicyclic) bond motifs is 2. The lowest BCUT2D eigenvalue weighted by atomic mass is 9.81. The van der Waals surface area contributed by atoms with Crippen LogP contribution in [0.15, 0.2) is 42.5 Å². The van der Waals surface area contributed by atoms with Crippen molar-refractivity contribution in [1.82, 2.24) is 10.2 Å². The number of anilines is 1. The van der Waals surface area contributed by atoms with Crippen molar-refractivity contribution in [3.8, 4) is 5.75 Å². The van der Waals surface area contributed by atoms with E-state index in [-0.39, 0.29) is 11.3 Å². The molecule has 2 fully saturated rings. The van der Waals surface area contributed by atoms with Crippen molar-refractivity contribution in [2.45, 2.75) is 56.5 Å². The molecule has 170 valence electrons. The normalized spacial score (nSPS) is 23.5. The molecule has 0 radical (unpaired) electrons. The van der Waals surface area contributed by atoms with E-state index in [1.807, 2.05) is 12.1 Å². The predicted molar refractivity (Wildman–Crippen MR) is 129 cm³/mol. The molecule has 5 nitrogen and oxygen atoms in total.